The summed E-state index contributed by atoms with van der Waals surface area (Å²) < 4.78 is 1.74. The van der Waals surface area contributed by atoms with Crippen LogP contribution in [0.2, 0.25) is 0 Å². The maximum Gasteiger partial charge on any atom is 0.328 e. The fraction of sp³-hybridized carbons (Fsp3) is 0.111. The van der Waals surface area contributed by atoms with Crippen molar-refractivity contribution in [3.05, 3.63) is 43.5 Å². The van der Waals surface area contributed by atoms with Gasteiger partial charge in [-0.3, -0.25) is 9.36 Å². The molecule has 0 amide bonds. The molecule has 0 saturated carbocycles. The molecule has 1 aromatic heterocycles. The Morgan fingerprint density at radius 2 is 2.07 bits per heavy atom. The Hall–Kier alpha value is -1.36. The highest BCUT2D eigenvalue weighted by atomic mass is 79.9. The normalized spacial score (nSPS) is 10.7. The van der Waals surface area contributed by atoms with E-state index in [1.807, 2.05) is 0 Å². The molecule has 4 nitrogen and oxygen atoms in total. The van der Waals surface area contributed by atoms with Crippen LogP contribution in [0.4, 0.5) is 0 Å². The molecule has 2 aromatic rings. The molecule has 0 spiro atoms. The topological polar surface area (TPSA) is 54.9 Å². The van der Waals surface area contributed by atoms with Crippen LogP contribution < -0.4 is 11.2 Å². The first kappa shape index (κ1) is 9.21. The first-order chi connectivity index (χ1) is 6.61. The number of nitrogens with one attached hydrogen (secondary N) is 1. The summed E-state index contributed by atoms with van der Waals surface area (Å²) in [6.45, 7) is 0. The first-order valence-electron chi connectivity index (χ1n) is 3.99. The summed E-state index contributed by atoms with van der Waals surface area (Å²) >= 11 is 3.27. The molecule has 72 valence electrons. The van der Waals surface area contributed by atoms with Gasteiger partial charge in [0.1, 0.15) is 0 Å². The van der Waals surface area contributed by atoms with Gasteiger partial charge >= 0.3 is 5.69 Å². The van der Waals surface area contributed by atoms with Gasteiger partial charge in [-0.15, -0.1) is 0 Å². The smallest absolute Gasteiger partial charge is 0.307 e. The standard InChI is InChI=1S/C9H7BrN2O2/c1-12-8(13)7-5(10)3-2-4-6(7)11-9(12)14/h2-4H,1H3,(H,11,14). The summed E-state index contributed by atoms with van der Waals surface area (Å²) in [5.74, 6) is 0. The second-order valence-electron chi connectivity index (χ2n) is 2.96. The van der Waals surface area contributed by atoms with E-state index in [4.69, 9.17) is 0 Å². The Morgan fingerprint density at radius 3 is 2.79 bits per heavy atom. The summed E-state index contributed by atoms with van der Waals surface area (Å²) in [7, 11) is 1.44. The largest absolute Gasteiger partial charge is 0.328 e. The van der Waals surface area contributed by atoms with Crippen LogP contribution in [-0.2, 0) is 7.05 Å². The predicted octanol–water partition coefficient (Wildman–Crippen LogP) is 0.989. The van der Waals surface area contributed by atoms with Gasteiger partial charge in [0.2, 0.25) is 0 Å². The lowest BCUT2D eigenvalue weighted by Crippen LogP contribution is -2.32. The fourth-order valence-corrected chi connectivity index (χ4v) is 1.84. The quantitative estimate of drug-likeness (QED) is 0.763. The molecular weight excluding hydrogens is 248 g/mol. The summed E-state index contributed by atoms with van der Waals surface area (Å²) in [4.78, 5) is 25.6. The maximum atomic E-state index is 11.7. The van der Waals surface area contributed by atoms with Gasteiger partial charge in [0, 0.05) is 11.5 Å². The van der Waals surface area contributed by atoms with E-state index in [0.29, 0.717) is 15.4 Å². The number of fused-ring (bicyclic) bond motifs is 1. The molecule has 0 aliphatic carbocycles. The van der Waals surface area contributed by atoms with Crippen molar-refractivity contribution in [2.24, 2.45) is 7.05 Å². The van der Waals surface area contributed by atoms with Gasteiger partial charge in [0.25, 0.3) is 5.56 Å². The third-order valence-corrected chi connectivity index (χ3v) is 2.74. The molecule has 1 N–H and O–H groups in total. The van der Waals surface area contributed by atoms with Gasteiger partial charge in [-0.25, -0.2) is 4.79 Å². The number of aromatic amines is 1. The molecular formula is C9H7BrN2O2. The minimum Gasteiger partial charge on any atom is -0.307 e. The molecule has 5 heteroatoms. The van der Waals surface area contributed by atoms with Crippen LogP contribution >= 0.6 is 15.9 Å². The SMILES string of the molecule is Cn1c(=O)[nH]c2cccc(Br)c2c1=O. The lowest BCUT2D eigenvalue weighted by molar-refractivity contribution is 0.793. The second kappa shape index (κ2) is 3.09. The van der Waals surface area contributed by atoms with Gasteiger partial charge in [-0.05, 0) is 28.1 Å². The van der Waals surface area contributed by atoms with E-state index < -0.39 is 5.69 Å². The zero-order valence-corrected chi connectivity index (χ0v) is 8.96. The van der Waals surface area contributed by atoms with Gasteiger partial charge in [-0.1, -0.05) is 6.07 Å². The highest BCUT2D eigenvalue weighted by Gasteiger charge is 2.06. The van der Waals surface area contributed by atoms with Crippen molar-refractivity contribution in [3.8, 4) is 0 Å². The van der Waals surface area contributed by atoms with Crippen molar-refractivity contribution < 1.29 is 0 Å². The van der Waals surface area contributed by atoms with Crippen molar-refractivity contribution in [2.45, 2.75) is 0 Å². The zero-order chi connectivity index (χ0) is 10.3. The van der Waals surface area contributed by atoms with Crippen LogP contribution in [0.15, 0.2) is 32.3 Å². The molecule has 1 aromatic carbocycles. The van der Waals surface area contributed by atoms with E-state index in [2.05, 4.69) is 20.9 Å². The number of H-pyrrole nitrogens is 1. The Labute approximate surface area is 87.3 Å². The highest BCUT2D eigenvalue weighted by molar-refractivity contribution is 9.10. The molecule has 0 aliphatic heterocycles. The third kappa shape index (κ3) is 1.21. The third-order valence-electron chi connectivity index (χ3n) is 2.08. The minimum atomic E-state index is -0.402. The molecule has 0 unspecified atom stereocenters. The van der Waals surface area contributed by atoms with Crippen molar-refractivity contribution in [1.82, 2.24) is 9.55 Å². The van der Waals surface area contributed by atoms with Crippen LogP contribution in [0, 0.1) is 0 Å². The number of aromatic nitrogens is 2. The number of halogens is 1. The van der Waals surface area contributed by atoms with E-state index >= 15 is 0 Å². The fourth-order valence-electron chi connectivity index (χ4n) is 1.30. The number of nitrogens with zero attached hydrogens (tertiary/aromatic N) is 1. The minimum absolute atomic E-state index is 0.295. The van der Waals surface area contributed by atoms with Crippen LogP contribution in [-0.4, -0.2) is 9.55 Å². The summed E-state index contributed by atoms with van der Waals surface area (Å²) in [5, 5.41) is 0.495. The molecule has 0 saturated heterocycles. The second-order valence-corrected chi connectivity index (χ2v) is 3.81. The average Bonchev–Trinajstić information content (AvgIpc) is 2.14. The van der Waals surface area contributed by atoms with Crippen molar-refractivity contribution >= 4 is 26.8 Å². The summed E-state index contributed by atoms with van der Waals surface area (Å²) in [6.07, 6.45) is 0. The van der Waals surface area contributed by atoms with Crippen LogP contribution in [0.25, 0.3) is 10.9 Å². The van der Waals surface area contributed by atoms with Gasteiger partial charge < -0.3 is 4.98 Å². The number of benzene rings is 1. The summed E-state index contributed by atoms with van der Waals surface area (Å²) in [6, 6.07) is 5.23. The first-order valence-corrected chi connectivity index (χ1v) is 4.78. The average molecular weight is 255 g/mol. The molecule has 14 heavy (non-hydrogen) atoms. The monoisotopic (exact) mass is 254 g/mol. The van der Waals surface area contributed by atoms with Crippen molar-refractivity contribution in [3.63, 3.8) is 0 Å². The maximum absolute atomic E-state index is 11.7. The van der Waals surface area contributed by atoms with Crippen LogP contribution in [0.1, 0.15) is 0 Å². The van der Waals surface area contributed by atoms with E-state index in [1.165, 1.54) is 7.05 Å². The lowest BCUT2D eigenvalue weighted by atomic mass is 10.2. The van der Waals surface area contributed by atoms with Crippen molar-refractivity contribution in [1.29, 1.82) is 0 Å². The van der Waals surface area contributed by atoms with Crippen LogP contribution in [0.5, 0.6) is 0 Å². The van der Waals surface area contributed by atoms with Crippen molar-refractivity contribution in [2.75, 3.05) is 0 Å². The molecule has 0 aliphatic rings. The van der Waals surface area contributed by atoms with Gasteiger partial charge in [0.05, 0.1) is 10.9 Å². The van der Waals surface area contributed by atoms with Crippen LogP contribution in [0.3, 0.4) is 0 Å². The van der Waals surface area contributed by atoms with E-state index in [1.54, 1.807) is 18.2 Å². The molecule has 0 fully saturated rings. The molecule has 0 bridgehead atoms. The number of hydrogen-bond donors (Lipinski definition) is 1. The van der Waals surface area contributed by atoms with E-state index in [9.17, 15) is 9.59 Å². The Bertz CT molecular complexity index is 612. The van der Waals surface area contributed by atoms with Gasteiger partial charge in [0.15, 0.2) is 0 Å². The lowest BCUT2D eigenvalue weighted by Gasteiger charge is -2.01. The summed E-state index contributed by atoms with van der Waals surface area (Å²) in [5.41, 5.74) is -0.149. The molecule has 1 heterocycles. The van der Waals surface area contributed by atoms with E-state index in [0.717, 1.165) is 4.57 Å². The number of rotatable bonds is 0. The van der Waals surface area contributed by atoms with E-state index in [-0.39, 0.29) is 5.56 Å². The molecule has 0 radical (unpaired) electrons. The molecule has 0 atom stereocenters. The molecule has 2 rings (SSSR count). The Kier molecular flexibility index (Phi) is 2.03. The zero-order valence-electron chi connectivity index (χ0n) is 7.37. The van der Waals surface area contributed by atoms with Gasteiger partial charge in [-0.2, -0.15) is 0 Å². The highest BCUT2D eigenvalue weighted by Crippen LogP contribution is 2.17. The Morgan fingerprint density at radius 1 is 1.36 bits per heavy atom. The predicted molar refractivity (Wildman–Crippen MR) is 57.5 cm³/mol. The Balaban J connectivity index is 3.15. The number of hydrogen-bond acceptors (Lipinski definition) is 2.